The second-order valence-electron chi connectivity index (χ2n) is 6.80. The molecule has 0 aliphatic carbocycles. The normalized spacial score (nSPS) is 12.5. The van der Waals surface area contributed by atoms with Crippen molar-refractivity contribution in [1.29, 1.82) is 0 Å². The molecule has 2 aromatic carbocycles. The van der Waals surface area contributed by atoms with Gasteiger partial charge in [-0.15, -0.1) is 0 Å². The molecular weight excluding hydrogens is 326 g/mol. The average Bonchev–Trinajstić information content (AvgIpc) is 2.91. The van der Waals surface area contributed by atoms with Crippen LogP contribution in [0.1, 0.15) is 32.4 Å². The Morgan fingerprint density at radius 3 is 2.12 bits per heavy atom. The highest BCUT2D eigenvalue weighted by molar-refractivity contribution is 5.81. The molecule has 0 aliphatic rings. The summed E-state index contributed by atoms with van der Waals surface area (Å²) >= 11 is 0. The molecule has 0 spiro atoms. The lowest BCUT2D eigenvalue weighted by molar-refractivity contribution is -0.122. The zero-order chi connectivity index (χ0) is 18.7. The van der Waals surface area contributed by atoms with Gasteiger partial charge in [0, 0.05) is 6.54 Å². The Hall–Kier alpha value is -2.82. The maximum Gasteiger partial charge on any atom is 0.329 e. The van der Waals surface area contributed by atoms with Crippen molar-refractivity contribution in [2.24, 2.45) is 5.92 Å². The van der Waals surface area contributed by atoms with Gasteiger partial charge < -0.3 is 5.32 Å². The van der Waals surface area contributed by atoms with E-state index in [-0.39, 0.29) is 30.1 Å². The van der Waals surface area contributed by atoms with E-state index in [0.29, 0.717) is 6.54 Å². The first-order valence-corrected chi connectivity index (χ1v) is 9.05. The van der Waals surface area contributed by atoms with Gasteiger partial charge in [0.1, 0.15) is 6.54 Å². The van der Waals surface area contributed by atoms with Gasteiger partial charge in [-0.1, -0.05) is 56.3 Å². The fourth-order valence-electron chi connectivity index (χ4n) is 3.39. The van der Waals surface area contributed by atoms with Crippen molar-refractivity contribution in [2.45, 2.75) is 39.9 Å². The number of aromatic nitrogens is 2. The number of rotatable bonds is 6. The minimum absolute atomic E-state index is 0.0163. The second kappa shape index (κ2) is 7.60. The maximum absolute atomic E-state index is 12.7. The lowest BCUT2D eigenvalue weighted by atomic mass is 9.96. The van der Waals surface area contributed by atoms with Crippen molar-refractivity contribution < 1.29 is 4.79 Å². The minimum atomic E-state index is -0.159. The molecule has 3 rings (SSSR count). The van der Waals surface area contributed by atoms with Crippen LogP contribution in [-0.2, 0) is 17.9 Å². The standard InChI is InChI=1S/C21H25N3O2/c1-4-23-17-12-8-9-13-18(17)24(21(23)26)14-19(25)22-20(15(2)3)16-10-6-5-7-11-16/h5-13,15,20H,4,14H2,1-3H3,(H,22,25)/t20-/m1/s1. The van der Waals surface area contributed by atoms with Crippen molar-refractivity contribution in [3.05, 3.63) is 70.6 Å². The van der Waals surface area contributed by atoms with Crippen LogP contribution in [0, 0.1) is 5.92 Å². The average molecular weight is 351 g/mol. The fourth-order valence-corrected chi connectivity index (χ4v) is 3.39. The van der Waals surface area contributed by atoms with E-state index in [0.717, 1.165) is 16.6 Å². The van der Waals surface area contributed by atoms with Crippen LogP contribution in [-0.4, -0.2) is 15.0 Å². The first-order chi connectivity index (χ1) is 12.5. The van der Waals surface area contributed by atoms with E-state index in [9.17, 15) is 9.59 Å². The van der Waals surface area contributed by atoms with Gasteiger partial charge in [-0.3, -0.25) is 13.9 Å². The minimum Gasteiger partial charge on any atom is -0.347 e. The number of carbonyl (C=O) groups is 1. The molecule has 5 heteroatoms. The topological polar surface area (TPSA) is 56.0 Å². The quantitative estimate of drug-likeness (QED) is 0.740. The number of benzene rings is 2. The molecule has 1 atom stereocenters. The Labute approximate surface area is 153 Å². The summed E-state index contributed by atoms with van der Waals surface area (Å²) in [4.78, 5) is 25.4. The number of fused-ring (bicyclic) bond motifs is 1. The number of amides is 1. The molecule has 3 aromatic rings. The highest BCUT2D eigenvalue weighted by Gasteiger charge is 2.20. The summed E-state index contributed by atoms with van der Waals surface area (Å²) < 4.78 is 3.25. The van der Waals surface area contributed by atoms with E-state index in [4.69, 9.17) is 0 Å². The maximum atomic E-state index is 12.7. The second-order valence-corrected chi connectivity index (χ2v) is 6.80. The van der Waals surface area contributed by atoms with E-state index >= 15 is 0 Å². The van der Waals surface area contributed by atoms with Crippen LogP contribution in [0.3, 0.4) is 0 Å². The number of nitrogens with zero attached hydrogens (tertiary/aromatic N) is 2. The van der Waals surface area contributed by atoms with Crippen LogP contribution in [0.4, 0.5) is 0 Å². The van der Waals surface area contributed by atoms with E-state index < -0.39 is 0 Å². The van der Waals surface area contributed by atoms with E-state index in [1.54, 1.807) is 9.13 Å². The molecule has 0 saturated carbocycles. The molecule has 0 aliphatic heterocycles. The Balaban J connectivity index is 1.87. The van der Waals surface area contributed by atoms with Gasteiger partial charge in [-0.25, -0.2) is 4.79 Å². The Morgan fingerprint density at radius 2 is 1.54 bits per heavy atom. The number of hydrogen-bond acceptors (Lipinski definition) is 2. The van der Waals surface area contributed by atoms with Gasteiger partial charge in [0.15, 0.2) is 0 Å². The smallest absolute Gasteiger partial charge is 0.329 e. The van der Waals surface area contributed by atoms with Gasteiger partial charge in [0.25, 0.3) is 0 Å². The molecule has 5 nitrogen and oxygen atoms in total. The molecule has 136 valence electrons. The molecule has 0 fully saturated rings. The van der Waals surface area contributed by atoms with E-state index in [1.165, 1.54) is 0 Å². The van der Waals surface area contributed by atoms with E-state index in [2.05, 4.69) is 19.2 Å². The first kappa shape index (κ1) is 18.0. The van der Waals surface area contributed by atoms with Crippen molar-refractivity contribution in [3.8, 4) is 0 Å². The summed E-state index contributed by atoms with van der Waals surface area (Å²) in [5.74, 6) is 0.0868. The van der Waals surface area contributed by atoms with Gasteiger partial charge in [-0.05, 0) is 30.5 Å². The first-order valence-electron chi connectivity index (χ1n) is 9.05. The number of aryl methyl sites for hydroxylation is 1. The number of nitrogens with one attached hydrogen (secondary N) is 1. The summed E-state index contributed by atoms with van der Waals surface area (Å²) in [5, 5.41) is 3.09. The van der Waals surface area contributed by atoms with Crippen LogP contribution in [0.25, 0.3) is 11.0 Å². The Bertz CT molecular complexity index is 954. The zero-order valence-corrected chi connectivity index (χ0v) is 15.5. The monoisotopic (exact) mass is 351 g/mol. The molecule has 26 heavy (non-hydrogen) atoms. The third-order valence-electron chi connectivity index (χ3n) is 4.68. The SMILES string of the molecule is CCn1c(=O)n(CC(=O)N[C@@H](c2ccccc2)C(C)C)c2ccccc21. The van der Waals surface area contributed by atoms with Gasteiger partial charge in [-0.2, -0.15) is 0 Å². The predicted molar refractivity (Wildman–Crippen MR) is 104 cm³/mol. The van der Waals surface area contributed by atoms with Gasteiger partial charge in [0.05, 0.1) is 17.1 Å². The van der Waals surface area contributed by atoms with Crippen LogP contribution in [0.5, 0.6) is 0 Å². The molecule has 0 radical (unpaired) electrons. The Morgan fingerprint density at radius 1 is 0.962 bits per heavy atom. The van der Waals surface area contributed by atoms with Gasteiger partial charge in [0.2, 0.25) is 5.91 Å². The third-order valence-corrected chi connectivity index (χ3v) is 4.68. The molecule has 1 amide bonds. The summed E-state index contributed by atoms with van der Waals surface area (Å²) in [6.45, 7) is 6.68. The fraction of sp³-hybridized carbons (Fsp3) is 0.333. The summed E-state index contributed by atoms with van der Waals surface area (Å²) in [6.07, 6.45) is 0. The molecular formula is C21H25N3O2. The van der Waals surface area contributed by atoms with Crippen LogP contribution in [0.2, 0.25) is 0 Å². The predicted octanol–water partition coefficient (Wildman–Crippen LogP) is 3.34. The van der Waals surface area contributed by atoms with Crippen LogP contribution < -0.4 is 11.0 Å². The molecule has 0 saturated heterocycles. The Kier molecular flexibility index (Phi) is 5.26. The van der Waals surface area contributed by atoms with Crippen molar-refractivity contribution >= 4 is 16.9 Å². The number of hydrogen-bond donors (Lipinski definition) is 1. The van der Waals surface area contributed by atoms with E-state index in [1.807, 2.05) is 61.5 Å². The molecule has 1 heterocycles. The lowest BCUT2D eigenvalue weighted by Gasteiger charge is -2.23. The number of imidazole rings is 1. The van der Waals surface area contributed by atoms with Crippen molar-refractivity contribution in [3.63, 3.8) is 0 Å². The van der Waals surface area contributed by atoms with Crippen molar-refractivity contribution in [2.75, 3.05) is 0 Å². The van der Waals surface area contributed by atoms with Crippen molar-refractivity contribution in [1.82, 2.24) is 14.5 Å². The van der Waals surface area contributed by atoms with Crippen LogP contribution in [0.15, 0.2) is 59.4 Å². The molecule has 1 aromatic heterocycles. The largest absolute Gasteiger partial charge is 0.347 e. The molecule has 0 bridgehead atoms. The highest BCUT2D eigenvalue weighted by Crippen LogP contribution is 2.21. The summed E-state index contributed by atoms with van der Waals surface area (Å²) in [7, 11) is 0. The number of para-hydroxylation sites is 2. The van der Waals surface area contributed by atoms with Crippen LogP contribution >= 0.6 is 0 Å². The number of carbonyl (C=O) groups excluding carboxylic acids is 1. The zero-order valence-electron chi connectivity index (χ0n) is 15.5. The molecule has 1 N–H and O–H groups in total. The summed E-state index contributed by atoms with van der Waals surface area (Å²) in [6, 6.07) is 17.4. The van der Waals surface area contributed by atoms with Gasteiger partial charge >= 0.3 is 5.69 Å². The lowest BCUT2D eigenvalue weighted by Crippen LogP contribution is -2.36. The highest BCUT2D eigenvalue weighted by atomic mass is 16.2. The summed E-state index contributed by atoms with van der Waals surface area (Å²) in [5.41, 5.74) is 2.57. The molecule has 0 unspecified atom stereocenters. The third kappa shape index (κ3) is 3.43.